The predicted octanol–water partition coefficient (Wildman–Crippen LogP) is 0.397. The van der Waals surface area contributed by atoms with Crippen LogP contribution in [-0.4, -0.2) is 22.1 Å². The van der Waals surface area contributed by atoms with Crippen LogP contribution in [0.5, 0.6) is 0 Å². The lowest BCUT2D eigenvalue weighted by Gasteiger charge is -2.25. The van der Waals surface area contributed by atoms with Crippen LogP contribution >= 0.6 is 0 Å². The number of carbonyl (C=O) groups is 2. The topological polar surface area (TPSA) is 101 Å². The van der Waals surface area contributed by atoms with Crippen molar-refractivity contribution in [3.63, 3.8) is 0 Å². The van der Waals surface area contributed by atoms with Gasteiger partial charge in [-0.15, -0.1) is 0 Å². The number of carboxylic acid groups (broad SMARTS) is 1. The number of aryl methyl sites for hydroxylation is 1. The molecule has 0 aliphatic heterocycles. The largest absolute Gasteiger partial charge is 0.481 e. The molecule has 5 nitrogen and oxygen atoms in total. The minimum absolute atomic E-state index is 0.261. The smallest absolute Gasteiger partial charge is 0.307 e. The second-order valence-electron chi connectivity index (χ2n) is 3.81. The summed E-state index contributed by atoms with van der Waals surface area (Å²) in [5.74, 6) is -2.34. The SMILES string of the molecule is CCc1ccccc1C(O)(CC(=O)O)C(N)=O. The van der Waals surface area contributed by atoms with Gasteiger partial charge in [0.1, 0.15) is 0 Å². The van der Waals surface area contributed by atoms with Crippen LogP contribution in [0.2, 0.25) is 0 Å². The van der Waals surface area contributed by atoms with E-state index in [1.165, 1.54) is 6.07 Å². The normalized spacial score (nSPS) is 14.0. The highest BCUT2D eigenvalue weighted by Gasteiger charge is 2.39. The van der Waals surface area contributed by atoms with Crippen molar-refractivity contribution in [1.29, 1.82) is 0 Å². The van der Waals surface area contributed by atoms with Gasteiger partial charge in [-0.2, -0.15) is 0 Å². The van der Waals surface area contributed by atoms with Gasteiger partial charge in [0.25, 0.3) is 5.91 Å². The number of primary amides is 1. The summed E-state index contributed by atoms with van der Waals surface area (Å²) in [5, 5.41) is 18.9. The second-order valence-corrected chi connectivity index (χ2v) is 3.81. The minimum atomic E-state index is -2.15. The van der Waals surface area contributed by atoms with E-state index < -0.39 is 23.9 Å². The molecule has 0 heterocycles. The molecule has 1 aromatic rings. The van der Waals surface area contributed by atoms with Gasteiger partial charge in [-0.25, -0.2) is 0 Å². The molecule has 1 rings (SSSR count). The fraction of sp³-hybridized carbons (Fsp3) is 0.333. The van der Waals surface area contributed by atoms with Crippen molar-refractivity contribution in [2.45, 2.75) is 25.4 Å². The standard InChI is InChI=1S/C12H15NO4/c1-2-8-5-3-4-6-9(8)12(17,11(13)16)7-10(14)15/h3-6,17H,2,7H2,1H3,(H2,13,16)(H,14,15). The lowest BCUT2D eigenvalue weighted by Crippen LogP contribution is -2.43. The third-order valence-corrected chi connectivity index (χ3v) is 2.66. The van der Waals surface area contributed by atoms with Gasteiger partial charge in [0.2, 0.25) is 0 Å². The molecule has 1 unspecified atom stereocenters. The molecule has 0 aliphatic rings. The summed E-state index contributed by atoms with van der Waals surface area (Å²) >= 11 is 0. The molecule has 1 atom stereocenters. The zero-order valence-electron chi connectivity index (χ0n) is 9.51. The number of hydrogen-bond acceptors (Lipinski definition) is 3. The van der Waals surface area contributed by atoms with Crippen LogP contribution in [0.1, 0.15) is 24.5 Å². The predicted molar refractivity (Wildman–Crippen MR) is 61.2 cm³/mol. The number of carboxylic acids is 1. The van der Waals surface area contributed by atoms with E-state index in [2.05, 4.69) is 0 Å². The summed E-state index contributed by atoms with van der Waals surface area (Å²) in [6.45, 7) is 1.85. The fourth-order valence-corrected chi connectivity index (χ4v) is 1.77. The molecule has 0 aliphatic carbocycles. The number of hydrogen-bond donors (Lipinski definition) is 3. The van der Waals surface area contributed by atoms with E-state index in [-0.39, 0.29) is 5.56 Å². The number of aliphatic hydroxyl groups is 1. The molecule has 5 heteroatoms. The molecule has 17 heavy (non-hydrogen) atoms. The van der Waals surface area contributed by atoms with Gasteiger partial charge < -0.3 is 15.9 Å². The molecular formula is C12H15NO4. The van der Waals surface area contributed by atoms with Gasteiger partial charge in [0.05, 0.1) is 6.42 Å². The Morgan fingerprint density at radius 1 is 1.35 bits per heavy atom. The Bertz CT molecular complexity index is 444. The lowest BCUT2D eigenvalue weighted by molar-refractivity contribution is -0.151. The first-order valence-corrected chi connectivity index (χ1v) is 5.24. The van der Waals surface area contributed by atoms with E-state index in [0.29, 0.717) is 12.0 Å². The van der Waals surface area contributed by atoms with Crippen molar-refractivity contribution >= 4 is 11.9 Å². The van der Waals surface area contributed by atoms with Gasteiger partial charge >= 0.3 is 5.97 Å². The van der Waals surface area contributed by atoms with Crippen molar-refractivity contribution in [2.75, 3.05) is 0 Å². The Labute approximate surface area is 98.9 Å². The van der Waals surface area contributed by atoms with E-state index in [1.54, 1.807) is 18.2 Å². The Morgan fingerprint density at radius 2 is 1.94 bits per heavy atom. The molecule has 1 amide bonds. The Balaban J connectivity index is 3.31. The number of nitrogens with two attached hydrogens (primary N) is 1. The summed E-state index contributed by atoms with van der Waals surface area (Å²) in [7, 11) is 0. The molecule has 1 aromatic carbocycles. The molecule has 0 bridgehead atoms. The maximum Gasteiger partial charge on any atom is 0.307 e. The number of carbonyl (C=O) groups excluding carboxylic acids is 1. The second kappa shape index (κ2) is 4.97. The quantitative estimate of drug-likeness (QED) is 0.689. The zero-order chi connectivity index (χ0) is 13.1. The van der Waals surface area contributed by atoms with Crippen molar-refractivity contribution in [3.8, 4) is 0 Å². The van der Waals surface area contributed by atoms with Crippen molar-refractivity contribution in [1.82, 2.24) is 0 Å². The van der Waals surface area contributed by atoms with Crippen molar-refractivity contribution in [2.24, 2.45) is 5.73 Å². The van der Waals surface area contributed by atoms with E-state index in [1.807, 2.05) is 6.92 Å². The van der Waals surface area contributed by atoms with Crippen LogP contribution in [0.3, 0.4) is 0 Å². The average Bonchev–Trinajstić information content (AvgIpc) is 2.27. The fourth-order valence-electron chi connectivity index (χ4n) is 1.77. The summed E-state index contributed by atoms with van der Waals surface area (Å²) in [6, 6.07) is 6.63. The first-order chi connectivity index (χ1) is 7.91. The van der Waals surface area contributed by atoms with Crippen molar-refractivity contribution in [3.05, 3.63) is 35.4 Å². The third-order valence-electron chi connectivity index (χ3n) is 2.66. The van der Waals surface area contributed by atoms with E-state index in [9.17, 15) is 14.7 Å². The molecule has 4 N–H and O–H groups in total. The van der Waals surface area contributed by atoms with Crippen LogP contribution in [0.15, 0.2) is 24.3 Å². The first kappa shape index (κ1) is 13.2. The highest BCUT2D eigenvalue weighted by Crippen LogP contribution is 2.28. The molecular weight excluding hydrogens is 222 g/mol. The third kappa shape index (κ3) is 2.62. The monoisotopic (exact) mass is 237 g/mol. The molecule has 0 spiro atoms. The van der Waals surface area contributed by atoms with Crippen LogP contribution < -0.4 is 5.73 Å². The Hall–Kier alpha value is -1.88. The summed E-state index contributed by atoms with van der Waals surface area (Å²) < 4.78 is 0. The summed E-state index contributed by atoms with van der Waals surface area (Å²) in [6.07, 6.45) is -0.162. The minimum Gasteiger partial charge on any atom is -0.481 e. The van der Waals surface area contributed by atoms with Crippen LogP contribution in [0, 0.1) is 0 Å². The van der Waals surface area contributed by atoms with Crippen LogP contribution in [0.25, 0.3) is 0 Å². The molecule has 0 aromatic heterocycles. The van der Waals surface area contributed by atoms with Gasteiger partial charge in [-0.3, -0.25) is 9.59 Å². The van der Waals surface area contributed by atoms with E-state index in [4.69, 9.17) is 10.8 Å². The molecule has 0 radical (unpaired) electrons. The lowest BCUT2D eigenvalue weighted by atomic mass is 9.85. The van der Waals surface area contributed by atoms with E-state index in [0.717, 1.165) is 0 Å². The molecule has 0 saturated heterocycles. The highest BCUT2D eigenvalue weighted by molar-refractivity contribution is 5.89. The van der Waals surface area contributed by atoms with Gasteiger partial charge in [-0.1, -0.05) is 31.2 Å². The van der Waals surface area contributed by atoms with Crippen LogP contribution in [-0.2, 0) is 21.6 Å². The highest BCUT2D eigenvalue weighted by atomic mass is 16.4. The Kier molecular flexibility index (Phi) is 3.85. The van der Waals surface area contributed by atoms with Crippen molar-refractivity contribution < 1.29 is 19.8 Å². The first-order valence-electron chi connectivity index (χ1n) is 5.24. The molecule has 0 fully saturated rings. The number of amides is 1. The summed E-state index contributed by atoms with van der Waals surface area (Å²) in [5.41, 5.74) is 3.93. The number of rotatable bonds is 5. The van der Waals surface area contributed by atoms with Gasteiger partial charge in [0, 0.05) is 0 Å². The van der Waals surface area contributed by atoms with E-state index >= 15 is 0 Å². The van der Waals surface area contributed by atoms with Gasteiger partial charge in [0.15, 0.2) is 5.60 Å². The average molecular weight is 237 g/mol. The molecule has 0 saturated carbocycles. The maximum atomic E-state index is 11.3. The summed E-state index contributed by atoms with van der Waals surface area (Å²) in [4.78, 5) is 22.1. The molecule has 92 valence electrons. The maximum absolute atomic E-state index is 11.3. The number of aliphatic carboxylic acids is 1. The zero-order valence-corrected chi connectivity index (χ0v) is 9.51. The number of benzene rings is 1. The van der Waals surface area contributed by atoms with Gasteiger partial charge in [-0.05, 0) is 17.5 Å². The Morgan fingerprint density at radius 3 is 2.41 bits per heavy atom. The van der Waals surface area contributed by atoms with Crippen LogP contribution in [0.4, 0.5) is 0 Å².